The Morgan fingerprint density at radius 1 is 1.00 bits per heavy atom. The van der Waals surface area contributed by atoms with E-state index in [-0.39, 0.29) is 0 Å². The van der Waals surface area contributed by atoms with Gasteiger partial charge in [-0.3, -0.25) is 4.68 Å². The van der Waals surface area contributed by atoms with Gasteiger partial charge in [0.15, 0.2) is 5.65 Å². The highest BCUT2D eigenvalue weighted by molar-refractivity contribution is 5.80. The van der Waals surface area contributed by atoms with Crippen molar-refractivity contribution in [3.63, 3.8) is 0 Å². The van der Waals surface area contributed by atoms with Crippen LogP contribution in [0.4, 0.5) is 5.82 Å². The van der Waals surface area contributed by atoms with Crippen LogP contribution in [0.3, 0.4) is 0 Å². The molecule has 28 heavy (non-hydrogen) atoms. The molecule has 0 spiro atoms. The summed E-state index contributed by atoms with van der Waals surface area (Å²) in [6, 6.07) is 4.34. The molecule has 2 saturated heterocycles. The first-order valence-corrected chi connectivity index (χ1v) is 11.1. The Balaban J connectivity index is 1.37. The van der Waals surface area contributed by atoms with Crippen LogP contribution in [0, 0.1) is 5.92 Å². The van der Waals surface area contributed by atoms with Crippen LogP contribution in [0.2, 0.25) is 0 Å². The monoisotopic (exact) mass is 385 g/mol. The first-order chi connectivity index (χ1) is 13.7. The zero-order chi connectivity index (χ0) is 19.3. The number of fused-ring (bicyclic) bond motifs is 1. The van der Waals surface area contributed by atoms with E-state index in [9.17, 15) is 0 Å². The van der Waals surface area contributed by atoms with Crippen LogP contribution in [0.25, 0.3) is 11.0 Å². The third-order valence-corrected chi connectivity index (χ3v) is 6.09. The van der Waals surface area contributed by atoms with E-state index in [0.29, 0.717) is 12.5 Å². The topological polar surface area (TPSA) is 46.4 Å². The Labute approximate surface area is 168 Å². The van der Waals surface area contributed by atoms with Gasteiger partial charge in [-0.05, 0) is 56.8 Å². The summed E-state index contributed by atoms with van der Waals surface area (Å²) in [5.41, 5.74) is 1.96. The van der Waals surface area contributed by atoms with Crippen molar-refractivity contribution in [1.82, 2.24) is 19.7 Å². The van der Waals surface area contributed by atoms with E-state index < -0.39 is 0 Å². The lowest BCUT2D eigenvalue weighted by Crippen LogP contribution is -2.27. The lowest BCUT2D eigenvalue weighted by molar-refractivity contribution is 0.0786. The number of anilines is 1. The molecular formula is C22H35N5O. The van der Waals surface area contributed by atoms with E-state index in [1.807, 2.05) is 11.7 Å². The van der Waals surface area contributed by atoms with E-state index in [1.54, 1.807) is 0 Å². The summed E-state index contributed by atoms with van der Waals surface area (Å²) in [5, 5.41) is 5.81. The fourth-order valence-electron chi connectivity index (χ4n) is 4.59. The van der Waals surface area contributed by atoms with Crippen molar-refractivity contribution in [2.45, 2.75) is 52.1 Å². The van der Waals surface area contributed by atoms with Gasteiger partial charge in [0, 0.05) is 32.1 Å². The third-order valence-electron chi connectivity index (χ3n) is 6.09. The molecule has 154 valence electrons. The highest BCUT2D eigenvalue weighted by atomic mass is 16.5. The van der Waals surface area contributed by atoms with Gasteiger partial charge in [-0.1, -0.05) is 19.8 Å². The van der Waals surface area contributed by atoms with Gasteiger partial charge in [0.1, 0.15) is 5.82 Å². The number of hydrogen-bond donors (Lipinski definition) is 0. The largest absolute Gasteiger partial charge is 0.375 e. The van der Waals surface area contributed by atoms with E-state index in [4.69, 9.17) is 14.8 Å². The van der Waals surface area contributed by atoms with E-state index in [2.05, 4.69) is 28.9 Å². The molecule has 0 aromatic carbocycles. The Bertz CT molecular complexity index is 760. The highest BCUT2D eigenvalue weighted by Crippen LogP contribution is 2.23. The summed E-state index contributed by atoms with van der Waals surface area (Å²) in [4.78, 5) is 9.92. The van der Waals surface area contributed by atoms with Crippen molar-refractivity contribution in [3.8, 4) is 0 Å². The molecule has 1 atom stereocenters. The van der Waals surface area contributed by atoms with Crippen molar-refractivity contribution in [2.24, 2.45) is 13.0 Å². The maximum atomic E-state index is 6.04. The minimum absolute atomic E-state index is 0.556. The Hall–Kier alpha value is -1.66. The maximum Gasteiger partial charge on any atom is 0.160 e. The second kappa shape index (κ2) is 9.23. The van der Waals surface area contributed by atoms with Crippen LogP contribution < -0.4 is 4.90 Å². The average molecular weight is 386 g/mol. The highest BCUT2D eigenvalue weighted by Gasteiger charge is 2.17. The molecule has 2 fully saturated rings. The summed E-state index contributed by atoms with van der Waals surface area (Å²) in [5.74, 6) is 1.64. The van der Waals surface area contributed by atoms with E-state index in [0.717, 1.165) is 48.8 Å². The number of likely N-dealkylation sites (tertiary alicyclic amines) is 1. The van der Waals surface area contributed by atoms with Crippen molar-refractivity contribution >= 4 is 16.9 Å². The molecule has 2 aliphatic heterocycles. The second-order valence-electron chi connectivity index (χ2n) is 8.64. The number of nitrogens with zero attached hydrogens (tertiary/aromatic N) is 5. The minimum Gasteiger partial charge on any atom is -0.375 e. The molecular weight excluding hydrogens is 350 g/mol. The van der Waals surface area contributed by atoms with Gasteiger partial charge >= 0.3 is 0 Å². The number of pyridine rings is 1. The van der Waals surface area contributed by atoms with Gasteiger partial charge in [-0.2, -0.15) is 5.10 Å². The van der Waals surface area contributed by atoms with Crippen LogP contribution in [0.5, 0.6) is 0 Å². The zero-order valence-electron chi connectivity index (χ0n) is 17.6. The molecule has 6 heteroatoms. The van der Waals surface area contributed by atoms with Crippen molar-refractivity contribution in [2.75, 3.05) is 44.2 Å². The summed E-state index contributed by atoms with van der Waals surface area (Å²) < 4.78 is 7.94. The molecule has 2 aromatic heterocycles. The summed E-state index contributed by atoms with van der Waals surface area (Å²) in [6.07, 6.45) is 7.89. The number of ether oxygens (including phenoxy) is 1. The van der Waals surface area contributed by atoms with Gasteiger partial charge < -0.3 is 14.5 Å². The van der Waals surface area contributed by atoms with Gasteiger partial charge in [0.05, 0.1) is 18.9 Å². The third kappa shape index (κ3) is 4.66. The Morgan fingerprint density at radius 2 is 1.71 bits per heavy atom. The molecule has 6 nitrogen and oxygen atoms in total. The first kappa shape index (κ1) is 19.6. The van der Waals surface area contributed by atoms with E-state index >= 15 is 0 Å². The number of aryl methyl sites for hydroxylation is 1. The fourth-order valence-corrected chi connectivity index (χ4v) is 4.59. The summed E-state index contributed by atoms with van der Waals surface area (Å²) in [6.45, 7) is 9.50. The Morgan fingerprint density at radius 3 is 2.46 bits per heavy atom. The molecule has 0 saturated carbocycles. The lowest BCUT2D eigenvalue weighted by atomic mass is 10.2. The maximum absolute atomic E-state index is 6.04. The molecule has 2 aliphatic rings. The first-order valence-electron chi connectivity index (χ1n) is 11.1. The van der Waals surface area contributed by atoms with Gasteiger partial charge in [0.25, 0.3) is 0 Å². The predicted octanol–water partition coefficient (Wildman–Crippen LogP) is 3.60. The molecule has 4 heterocycles. The standard InChI is InChI=1S/C22H35N5O/c1-18(15-26-11-7-8-12-26)16-28-17-20-19-9-10-21(23-22(19)25(2)24-20)27-13-5-3-4-6-14-27/h9-10,18H,3-8,11-17H2,1-2H3/t18-/m1/s1. The molecule has 0 unspecified atom stereocenters. The minimum atomic E-state index is 0.556. The summed E-state index contributed by atoms with van der Waals surface area (Å²) >= 11 is 0. The lowest BCUT2D eigenvalue weighted by Gasteiger charge is -2.21. The molecule has 0 bridgehead atoms. The number of hydrogen-bond acceptors (Lipinski definition) is 5. The SMILES string of the molecule is C[C@@H](COCc1nn(C)c2nc(N3CCCCCC3)ccc12)CN1CCCC1. The smallest absolute Gasteiger partial charge is 0.160 e. The van der Waals surface area contributed by atoms with Gasteiger partial charge in [-0.15, -0.1) is 0 Å². The normalized spacial score (nSPS) is 20.0. The van der Waals surface area contributed by atoms with Crippen molar-refractivity contribution < 1.29 is 4.74 Å². The molecule has 0 aliphatic carbocycles. The van der Waals surface area contributed by atoms with Crippen LogP contribution in [0.15, 0.2) is 12.1 Å². The molecule has 2 aromatic rings. The average Bonchev–Trinajstić information content (AvgIpc) is 3.20. The van der Waals surface area contributed by atoms with Crippen molar-refractivity contribution in [1.29, 1.82) is 0 Å². The number of rotatable bonds is 7. The van der Waals surface area contributed by atoms with Gasteiger partial charge in [0.2, 0.25) is 0 Å². The van der Waals surface area contributed by atoms with Crippen molar-refractivity contribution in [3.05, 3.63) is 17.8 Å². The quantitative estimate of drug-likeness (QED) is 0.729. The summed E-state index contributed by atoms with van der Waals surface area (Å²) in [7, 11) is 1.99. The second-order valence-corrected chi connectivity index (χ2v) is 8.64. The zero-order valence-corrected chi connectivity index (χ0v) is 17.6. The van der Waals surface area contributed by atoms with Crippen LogP contribution in [0.1, 0.15) is 51.1 Å². The van der Waals surface area contributed by atoms with Crippen LogP contribution in [-0.4, -0.2) is 59.0 Å². The van der Waals surface area contributed by atoms with Gasteiger partial charge in [-0.25, -0.2) is 4.98 Å². The van der Waals surface area contributed by atoms with Crippen LogP contribution in [-0.2, 0) is 18.4 Å². The molecule has 0 N–H and O–H groups in total. The fraction of sp³-hybridized carbons (Fsp3) is 0.727. The molecule has 0 amide bonds. The van der Waals surface area contributed by atoms with Crippen LogP contribution >= 0.6 is 0 Å². The molecule has 0 radical (unpaired) electrons. The molecule has 4 rings (SSSR count). The Kier molecular flexibility index (Phi) is 6.47. The number of aromatic nitrogens is 3. The van der Waals surface area contributed by atoms with E-state index in [1.165, 1.54) is 51.6 Å². The predicted molar refractivity (Wildman–Crippen MR) is 114 cm³/mol.